The van der Waals surface area contributed by atoms with Crippen molar-refractivity contribution in [1.29, 1.82) is 0 Å². The van der Waals surface area contributed by atoms with Gasteiger partial charge in [0.15, 0.2) is 0 Å². The molecule has 5 atom stereocenters. The maximum absolute atomic E-state index is 13.8. The number of nitrogens with zero attached hydrogens (tertiary/aromatic N) is 1. The number of hydrogen-bond donors (Lipinski definition) is 0. The zero-order valence-electron chi connectivity index (χ0n) is 17.7. The Balaban J connectivity index is 1.40. The van der Waals surface area contributed by atoms with E-state index < -0.39 is 0 Å². The lowest BCUT2D eigenvalue weighted by Crippen LogP contribution is -2.49. The molecular weight excluding hydrogens is 393 g/mol. The molecule has 0 amide bonds. The molecule has 156 valence electrons. The van der Waals surface area contributed by atoms with Crippen LogP contribution in [-0.4, -0.2) is 10.8 Å². The van der Waals surface area contributed by atoms with Crippen LogP contribution in [0, 0.1) is 34.4 Å². The molecule has 4 aliphatic carbocycles. The van der Waals surface area contributed by atoms with Gasteiger partial charge in [-0.15, -0.1) is 11.3 Å². The van der Waals surface area contributed by atoms with E-state index in [0.29, 0.717) is 23.5 Å². The molecule has 0 N–H and O–H groups in total. The van der Waals surface area contributed by atoms with Gasteiger partial charge in [0.2, 0.25) is 0 Å². The van der Waals surface area contributed by atoms with Gasteiger partial charge in [-0.2, -0.15) is 0 Å². The third-order valence-electron chi connectivity index (χ3n) is 9.07. The standard InChI is InChI=1S/C26H28FNOS/c1-25-13-11-21-23(30-24(28-21)15-4-3-5-16(27)14-15)20(25)7-6-17-18-8-9-22(29)26(18,2)12-10-19(17)25/h3-5,7,14,17-19H,6,8-13H2,1-2H3/t17-,18-,19-,25+,26-/m0/s1. The van der Waals surface area contributed by atoms with Gasteiger partial charge >= 0.3 is 0 Å². The Hall–Kier alpha value is -1.81. The number of ketones is 1. The van der Waals surface area contributed by atoms with Crippen molar-refractivity contribution in [3.63, 3.8) is 0 Å². The Bertz CT molecular complexity index is 1090. The highest BCUT2D eigenvalue weighted by atomic mass is 32.1. The van der Waals surface area contributed by atoms with Gasteiger partial charge < -0.3 is 0 Å². The molecular formula is C26H28FNOS. The first-order valence-corrected chi connectivity index (χ1v) is 12.2. The summed E-state index contributed by atoms with van der Waals surface area (Å²) in [4.78, 5) is 18.9. The van der Waals surface area contributed by atoms with Gasteiger partial charge in [-0.25, -0.2) is 9.37 Å². The first kappa shape index (κ1) is 18.9. The average molecular weight is 422 g/mol. The number of fused-ring (bicyclic) bond motifs is 7. The normalized spacial score (nSPS) is 37.1. The number of Topliss-reactive ketones (excluding diaryl/α,β-unsaturated/α-hetero) is 1. The van der Waals surface area contributed by atoms with Crippen molar-refractivity contribution in [2.45, 2.75) is 58.8 Å². The van der Waals surface area contributed by atoms with Gasteiger partial charge in [0.25, 0.3) is 0 Å². The molecule has 2 nitrogen and oxygen atoms in total. The lowest BCUT2D eigenvalue weighted by molar-refractivity contribution is -0.131. The number of carbonyl (C=O) groups excluding carboxylic acids is 1. The molecule has 0 aliphatic heterocycles. The van der Waals surface area contributed by atoms with Crippen LogP contribution in [0.5, 0.6) is 0 Å². The van der Waals surface area contributed by atoms with E-state index in [1.54, 1.807) is 23.5 Å². The zero-order valence-corrected chi connectivity index (χ0v) is 18.5. The van der Waals surface area contributed by atoms with E-state index in [4.69, 9.17) is 4.98 Å². The molecule has 1 heterocycles. The summed E-state index contributed by atoms with van der Waals surface area (Å²) in [6.45, 7) is 4.72. The molecule has 2 fully saturated rings. The summed E-state index contributed by atoms with van der Waals surface area (Å²) in [6, 6.07) is 6.80. The molecule has 0 spiro atoms. The molecule has 4 heteroatoms. The number of hydrogen-bond acceptors (Lipinski definition) is 3. The molecule has 2 saturated carbocycles. The molecule has 0 bridgehead atoms. The number of rotatable bonds is 1. The lowest BCUT2D eigenvalue weighted by Gasteiger charge is -2.55. The molecule has 0 saturated heterocycles. The van der Waals surface area contributed by atoms with E-state index in [-0.39, 0.29) is 16.6 Å². The first-order valence-electron chi connectivity index (χ1n) is 11.4. The van der Waals surface area contributed by atoms with E-state index >= 15 is 0 Å². The number of thiazole rings is 1. The summed E-state index contributed by atoms with van der Waals surface area (Å²) < 4.78 is 13.8. The SMILES string of the molecule is C[C@]12CCc3nc(-c4cccc(F)c4)sc3C1=CC[C@@H]1[C@@H]2CC[C@]2(C)C(=O)CC[C@@H]12. The molecule has 30 heavy (non-hydrogen) atoms. The minimum absolute atomic E-state index is 0.0717. The lowest BCUT2D eigenvalue weighted by atomic mass is 9.48. The molecule has 2 aromatic rings. The van der Waals surface area contributed by atoms with Gasteiger partial charge in [0.05, 0.1) is 10.6 Å². The van der Waals surface area contributed by atoms with Crippen LogP contribution in [0.25, 0.3) is 16.1 Å². The highest BCUT2D eigenvalue weighted by molar-refractivity contribution is 7.16. The monoisotopic (exact) mass is 421 g/mol. The Morgan fingerprint density at radius 2 is 1.93 bits per heavy atom. The predicted molar refractivity (Wildman–Crippen MR) is 119 cm³/mol. The number of carbonyl (C=O) groups is 1. The second kappa shape index (κ2) is 6.35. The summed E-state index contributed by atoms with van der Waals surface area (Å²) in [5.41, 5.74) is 3.66. The Morgan fingerprint density at radius 3 is 2.77 bits per heavy atom. The van der Waals surface area contributed by atoms with Crippen LogP contribution in [0.3, 0.4) is 0 Å². The third kappa shape index (κ3) is 2.46. The van der Waals surface area contributed by atoms with Gasteiger partial charge in [-0.3, -0.25) is 4.79 Å². The Morgan fingerprint density at radius 1 is 1.10 bits per heavy atom. The number of benzene rings is 1. The van der Waals surface area contributed by atoms with E-state index in [1.807, 2.05) is 6.07 Å². The third-order valence-corrected chi connectivity index (χ3v) is 10.2. The highest BCUT2D eigenvalue weighted by Gasteiger charge is 2.58. The van der Waals surface area contributed by atoms with Crippen LogP contribution in [0.1, 0.15) is 62.9 Å². The van der Waals surface area contributed by atoms with Crippen LogP contribution in [0.2, 0.25) is 0 Å². The van der Waals surface area contributed by atoms with E-state index in [1.165, 1.54) is 28.6 Å². The first-order chi connectivity index (χ1) is 14.4. The van der Waals surface area contributed by atoms with Gasteiger partial charge in [0.1, 0.15) is 16.6 Å². The predicted octanol–water partition coefficient (Wildman–Crippen LogP) is 6.70. The molecule has 1 aromatic carbocycles. The average Bonchev–Trinajstić information content (AvgIpc) is 3.29. The van der Waals surface area contributed by atoms with E-state index in [0.717, 1.165) is 49.1 Å². The van der Waals surface area contributed by atoms with Gasteiger partial charge in [0, 0.05) is 17.4 Å². The molecule has 0 unspecified atom stereocenters. The molecule has 4 aliphatic rings. The van der Waals surface area contributed by atoms with Crippen LogP contribution >= 0.6 is 11.3 Å². The highest BCUT2D eigenvalue weighted by Crippen LogP contribution is 2.65. The van der Waals surface area contributed by atoms with Crippen LogP contribution in [-0.2, 0) is 11.2 Å². The van der Waals surface area contributed by atoms with Crippen molar-refractivity contribution in [2.24, 2.45) is 28.6 Å². The quantitative estimate of drug-likeness (QED) is 0.513. The summed E-state index contributed by atoms with van der Waals surface area (Å²) in [5.74, 6) is 2.17. The fourth-order valence-electron chi connectivity index (χ4n) is 7.39. The second-order valence-corrected chi connectivity index (χ2v) is 11.4. The topological polar surface area (TPSA) is 30.0 Å². The van der Waals surface area contributed by atoms with Crippen LogP contribution in [0.15, 0.2) is 30.3 Å². The van der Waals surface area contributed by atoms with Gasteiger partial charge in [-0.05, 0) is 79.4 Å². The Labute approximate surface area is 181 Å². The van der Waals surface area contributed by atoms with Crippen molar-refractivity contribution in [3.8, 4) is 10.6 Å². The number of allylic oxidation sites excluding steroid dienone is 2. The smallest absolute Gasteiger partial charge is 0.139 e. The Kier molecular flexibility index (Phi) is 4.01. The number of halogens is 1. The van der Waals surface area contributed by atoms with Crippen molar-refractivity contribution in [2.75, 3.05) is 0 Å². The zero-order chi connectivity index (χ0) is 20.7. The number of aryl methyl sites for hydroxylation is 1. The van der Waals surface area contributed by atoms with E-state index in [2.05, 4.69) is 19.9 Å². The summed E-state index contributed by atoms with van der Waals surface area (Å²) in [6.07, 6.45) is 9.82. The maximum Gasteiger partial charge on any atom is 0.139 e. The minimum atomic E-state index is -0.207. The molecule has 1 aromatic heterocycles. The minimum Gasteiger partial charge on any atom is -0.299 e. The van der Waals surface area contributed by atoms with Crippen LogP contribution < -0.4 is 0 Å². The van der Waals surface area contributed by atoms with Crippen molar-refractivity contribution < 1.29 is 9.18 Å². The fourth-order valence-corrected chi connectivity index (χ4v) is 8.68. The number of aromatic nitrogens is 1. The van der Waals surface area contributed by atoms with E-state index in [9.17, 15) is 9.18 Å². The van der Waals surface area contributed by atoms with Crippen molar-refractivity contribution >= 4 is 22.7 Å². The second-order valence-electron chi connectivity index (χ2n) is 10.4. The van der Waals surface area contributed by atoms with Crippen molar-refractivity contribution in [1.82, 2.24) is 4.98 Å². The van der Waals surface area contributed by atoms with Crippen molar-refractivity contribution in [3.05, 3.63) is 46.7 Å². The largest absolute Gasteiger partial charge is 0.299 e. The summed E-state index contributed by atoms with van der Waals surface area (Å²) in [5, 5.41) is 0.935. The molecule has 0 radical (unpaired) electrons. The molecule has 6 rings (SSSR count). The maximum atomic E-state index is 13.8. The summed E-state index contributed by atoms with van der Waals surface area (Å²) >= 11 is 1.74. The van der Waals surface area contributed by atoms with Gasteiger partial charge in [-0.1, -0.05) is 32.1 Å². The fraction of sp³-hybridized carbons (Fsp3) is 0.538. The summed E-state index contributed by atoms with van der Waals surface area (Å²) in [7, 11) is 0. The van der Waals surface area contributed by atoms with Crippen LogP contribution in [0.4, 0.5) is 4.39 Å².